The lowest BCUT2D eigenvalue weighted by atomic mass is 10.1. The fourth-order valence-corrected chi connectivity index (χ4v) is 4.24. The second-order valence-electron chi connectivity index (χ2n) is 7.62. The average molecular weight is 495 g/mol. The Balaban J connectivity index is 1.37. The molecule has 1 aromatic heterocycles. The third-order valence-corrected chi connectivity index (χ3v) is 6.26. The van der Waals surface area contributed by atoms with Crippen molar-refractivity contribution < 1.29 is 14.1 Å². The molecular weight excluding hydrogens is 473 g/mol. The van der Waals surface area contributed by atoms with Gasteiger partial charge in [-0.3, -0.25) is 9.69 Å². The predicted molar refractivity (Wildman–Crippen MR) is 125 cm³/mol. The van der Waals surface area contributed by atoms with Gasteiger partial charge in [0.05, 0.1) is 5.56 Å². The summed E-state index contributed by atoms with van der Waals surface area (Å²) >= 11 is 18.3. The van der Waals surface area contributed by atoms with E-state index in [-0.39, 0.29) is 12.5 Å². The van der Waals surface area contributed by atoms with Gasteiger partial charge in [0, 0.05) is 47.8 Å². The highest BCUT2D eigenvalue weighted by Gasteiger charge is 2.28. The molecule has 1 amide bonds. The van der Waals surface area contributed by atoms with Crippen LogP contribution in [0.2, 0.25) is 15.1 Å². The monoisotopic (exact) mass is 493 g/mol. The van der Waals surface area contributed by atoms with E-state index in [1.54, 1.807) is 36.1 Å². The number of carbonyl (C=O) groups excluding carboxylic acids is 1. The summed E-state index contributed by atoms with van der Waals surface area (Å²) in [5.74, 6) is 1.02. The molecular formula is C23H22Cl3N3O3. The molecule has 32 heavy (non-hydrogen) atoms. The summed E-state index contributed by atoms with van der Waals surface area (Å²) in [5.41, 5.74) is 1.95. The molecule has 0 bridgehead atoms. The van der Waals surface area contributed by atoms with Crippen molar-refractivity contribution in [3.05, 3.63) is 80.1 Å². The standard InChI is InChI=1S/C23H22Cl3N3O3/c1-15-20(14-31-19-4-2-3-17(24)11-19)22(27-32-15)23(30)29-9-7-28(8-10-29)13-16-5-6-18(25)12-21(16)26/h2-6,11-12H,7-10,13-14H2,1H3. The number of aromatic nitrogens is 1. The summed E-state index contributed by atoms with van der Waals surface area (Å²) in [6.45, 7) is 5.29. The van der Waals surface area contributed by atoms with E-state index in [4.69, 9.17) is 44.1 Å². The van der Waals surface area contributed by atoms with Gasteiger partial charge in [-0.05, 0) is 42.8 Å². The lowest BCUT2D eigenvalue weighted by molar-refractivity contribution is 0.0616. The number of rotatable bonds is 6. The zero-order valence-electron chi connectivity index (χ0n) is 17.5. The van der Waals surface area contributed by atoms with Crippen molar-refractivity contribution in [2.24, 2.45) is 0 Å². The number of hydrogen-bond acceptors (Lipinski definition) is 5. The first-order valence-corrected chi connectivity index (χ1v) is 11.3. The summed E-state index contributed by atoms with van der Waals surface area (Å²) in [5, 5.41) is 5.86. The number of hydrogen-bond donors (Lipinski definition) is 0. The van der Waals surface area contributed by atoms with E-state index < -0.39 is 0 Å². The number of ether oxygens (including phenoxy) is 1. The van der Waals surface area contributed by atoms with Crippen molar-refractivity contribution in [1.29, 1.82) is 0 Å². The molecule has 6 nitrogen and oxygen atoms in total. The lowest BCUT2D eigenvalue weighted by Crippen LogP contribution is -2.48. The molecule has 4 rings (SSSR count). The Kier molecular flexibility index (Phi) is 7.26. The Morgan fingerprint density at radius 1 is 1.06 bits per heavy atom. The molecule has 9 heteroatoms. The van der Waals surface area contributed by atoms with E-state index in [1.807, 2.05) is 18.2 Å². The maximum atomic E-state index is 13.1. The van der Waals surface area contributed by atoms with Gasteiger partial charge < -0.3 is 14.2 Å². The van der Waals surface area contributed by atoms with Crippen LogP contribution in [0, 0.1) is 6.92 Å². The van der Waals surface area contributed by atoms with E-state index >= 15 is 0 Å². The fourth-order valence-electron chi connectivity index (χ4n) is 3.59. The van der Waals surface area contributed by atoms with Crippen molar-refractivity contribution >= 4 is 40.7 Å². The van der Waals surface area contributed by atoms with Gasteiger partial charge in [0.15, 0.2) is 5.69 Å². The second-order valence-corrected chi connectivity index (χ2v) is 8.90. The third kappa shape index (κ3) is 5.38. The average Bonchev–Trinajstić information content (AvgIpc) is 3.14. The summed E-state index contributed by atoms with van der Waals surface area (Å²) in [4.78, 5) is 17.2. The third-order valence-electron chi connectivity index (χ3n) is 5.44. The summed E-state index contributed by atoms with van der Waals surface area (Å²) < 4.78 is 11.1. The van der Waals surface area contributed by atoms with Crippen LogP contribution in [-0.4, -0.2) is 47.0 Å². The Morgan fingerprint density at radius 2 is 1.81 bits per heavy atom. The minimum Gasteiger partial charge on any atom is -0.489 e. The number of carbonyl (C=O) groups is 1. The second kappa shape index (κ2) is 10.1. The SMILES string of the molecule is Cc1onc(C(=O)N2CCN(Cc3ccc(Cl)cc3Cl)CC2)c1COc1cccc(Cl)c1. The molecule has 168 valence electrons. The molecule has 2 aromatic carbocycles. The smallest absolute Gasteiger partial charge is 0.276 e. The van der Waals surface area contributed by atoms with Crippen LogP contribution in [-0.2, 0) is 13.2 Å². The molecule has 0 saturated carbocycles. The zero-order chi connectivity index (χ0) is 22.7. The molecule has 1 fully saturated rings. The number of nitrogens with zero attached hydrogens (tertiary/aromatic N) is 3. The quantitative estimate of drug-likeness (QED) is 0.454. The first-order chi connectivity index (χ1) is 15.4. The molecule has 1 aliphatic rings. The van der Waals surface area contributed by atoms with E-state index in [0.717, 1.165) is 18.7 Å². The van der Waals surface area contributed by atoms with Gasteiger partial charge in [-0.25, -0.2) is 0 Å². The molecule has 0 spiro atoms. The van der Waals surface area contributed by atoms with Gasteiger partial charge in [0.2, 0.25) is 0 Å². The van der Waals surface area contributed by atoms with Gasteiger partial charge in [0.1, 0.15) is 18.1 Å². The predicted octanol–water partition coefficient (Wildman–Crippen LogP) is 5.48. The van der Waals surface area contributed by atoms with Crippen molar-refractivity contribution in [1.82, 2.24) is 15.0 Å². The summed E-state index contributed by atoms with van der Waals surface area (Å²) in [7, 11) is 0. The molecule has 1 saturated heterocycles. The first kappa shape index (κ1) is 22.9. The van der Waals surface area contributed by atoms with Crippen LogP contribution in [0.25, 0.3) is 0 Å². The van der Waals surface area contributed by atoms with Gasteiger partial charge in [-0.15, -0.1) is 0 Å². The van der Waals surface area contributed by atoms with E-state index in [1.165, 1.54) is 0 Å². The van der Waals surface area contributed by atoms with Crippen LogP contribution in [0.1, 0.15) is 27.4 Å². The van der Waals surface area contributed by atoms with Gasteiger partial charge >= 0.3 is 0 Å². The highest BCUT2D eigenvalue weighted by Crippen LogP contribution is 2.24. The molecule has 2 heterocycles. The van der Waals surface area contributed by atoms with Gasteiger partial charge in [0.25, 0.3) is 5.91 Å². The Bertz CT molecular complexity index is 1110. The number of amides is 1. The number of piperazine rings is 1. The van der Waals surface area contributed by atoms with Gasteiger partial charge in [-0.2, -0.15) is 0 Å². The van der Waals surface area contributed by atoms with Crippen molar-refractivity contribution in [2.45, 2.75) is 20.1 Å². The Morgan fingerprint density at radius 3 is 2.53 bits per heavy atom. The highest BCUT2D eigenvalue weighted by molar-refractivity contribution is 6.35. The van der Waals surface area contributed by atoms with E-state index in [9.17, 15) is 4.79 Å². The first-order valence-electron chi connectivity index (χ1n) is 10.2. The molecule has 0 unspecified atom stereocenters. The number of halogens is 3. The normalized spacial score (nSPS) is 14.6. The maximum Gasteiger partial charge on any atom is 0.276 e. The number of benzene rings is 2. The summed E-state index contributed by atoms with van der Waals surface area (Å²) in [6, 6.07) is 12.6. The Labute approximate surface area is 201 Å². The van der Waals surface area contributed by atoms with Crippen molar-refractivity contribution in [2.75, 3.05) is 26.2 Å². The minimum atomic E-state index is -0.157. The fraction of sp³-hybridized carbons (Fsp3) is 0.304. The summed E-state index contributed by atoms with van der Waals surface area (Å²) in [6.07, 6.45) is 0. The van der Waals surface area contributed by atoms with E-state index in [0.29, 0.717) is 57.5 Å². The van der Waals surface area contributed by atoms with Crippen LogP contribution < -0.4 is 4.74 Å². The minimum absolute atomic E-state index is 0.157. The van der Waals surface area contributed by atoms with Crippen LogP contribution in [0.15, 0.2) is 47.0 Å². The van der Waals surface area contributed by atoms with Crippen molar-refractivity contribution in [3.63, 3.8) is 0 Å². The molecule has 0 atom stereocenters. The van der Waals surface area contributed by atoms with Crippen LogP contribution >= 0.6 is 34.8 Å². The number of aryl methyl sites for hydroxylation is 1. The highest BCUT2D eigenvalue weighted by atomic mass is 35.5. The zero-order valence-corrected chi connectivity index (χ0v) is 19.8. The lowest BCUT2D eigenvalue weighted by Gasteiger charge is -2.34. The van der Waals surface area contributed by atoms with Crippen LogP contribution in [0.3, 0.4) is 0 Å². The topological polar surface area (TPSA) is 58.8 Å². The molecule has 1 aliphatic heterocycles. The van der Waals surface area contributed by atoms with Crippen LogP contribution in [0.4, 0.5) is 0 Å². The Hall–Kier alpha value is -2.25. The molecule has 0 aliphatic carbocycles. The van der Waals surface area contributed by atoms with Gasteiger partial charge in [-0.1, -0.05) is 52.1 Å². The van der Waals surface area contributed by atoms with Crippen LogP contribution in [0.5, 0.6) is 5.75 Å². The maximum absolute atomic E-state index is 13.1. The molecule has 3 aromatic rings. The largest absolute Gasteiger partial charge is 0.489 e. The van der Waals surface area contributed by atoms with Crippen molar-refractivity contribution in [3.8, 4) is 5.75 Å². The molecule has 0 N–H and O–H groups in total. The molecule has 0 radical (unpaired) electrons. The van der Waals surface area contributed by atoms with E-state index in [2.05, 4.69) is 10.1 Å².